The number of aliphatic carboxylic acids is 2. The molecule has 2 fully saturated rings. The third kappa shape index (κ3) is 12.0. The molecule has 2 saturated heterocycles. The fourth-order valence-electron chi connectivity index (χ4n) is 3.59. The maximum absolute atomic E-state index is 12.4. The molecule has 1 aromatic heterocycles. The normalized spacial score (nSPS) is 21.1. The first-order chi connectivity index (χ1) is 17.4. The third-order valence-electron chi connectivity index (χ3n) is 5.24. The van der Waals surface area contributed by atoms with Gasteiger partial charge in [-0.15, -0.1) is 0 Å². The second-order valence-electron chi connectivity index (χ2n) is 8.80. The van der Waals surface area contributed by atoms with Gasteiger partial charge in [-0.3, -0.25) is 14.7 Å². The Morgan fingerprint density at radius 2 is 1.63 bits per heavy atom. The molecular formula is C22H30F6N4O6. The molecule has 3 rings (SSSR count). The number of carbonyl (C=O) groups excluding carboxylic acids is 1. The maximum Gasteiger partial charge on any atom is 0.490 e. The van der Waals surface area contributed by atoms with Crippen LogP contribution in [0, 0.1) is 12.8 Å². The van der Waals surface area contributed by atoms with E-state index in [-0.39, 0.29) is 24.0 Å². The number of likely N-dealkylation sites (N-methyl/N-ethyl adjacent to an activating group) is 1. The highest BCUT2D eigenvalue weighted by atomic mass is 19.4. The minimum Gasteiger partial charge on any atom is -0.475 e. The number of carboxylic acids is 2. The van der Waals surface area contributed by atoms with Crippen LogP contribution in [0.3, 0.4) is 0 Å². The summed E-state index contributed by atoms with van der Waals surface area (Å²) in [5.41, 5.74) is 2.13. The summed E-state index contributed by atoms with van der Waals surface area (Å²) < 4.78 is 69.5. The predicted octanol–water partition coefficient (Wildman–Crippen LogP) is 1.92. The van der Waals surface area contributed by atoms with E-state index in [2.05, 4.69) is 26.2 Å². The van der Waals surface area contributed by atoms with Gasteiger partial charge < -0.3 is 25.2 Å². The van der Waals surface area contributed by atoms with Crippen LogP contribution in [0.1, 0.15) is 17.8 Å². The number of carbonyl (C=O) groups is 3. The highest BCUT2D eigenvalue weighted by Crippen LogP contribution is 2.32. The Kier molecular flexibility index (Phi) is 12.4. The molecule has 0 radical (unpaired) electrons. The van der Waals surface area contributed by atoms with Crippen molar-refractivity contribution in [2.45, 2.75) is 44.4 Å². The molecule has 10 nitrogen and oxygen atoms in total. The number of hydrogen-bond donors (Lipinski definition) is 3. The number of amides is 1. The van der Waals surface area contributed by atoms with Gasteiger partial charge in [-0.1, -0.05) is 6.07 Å². The zero-order chi connectivity index (χ0) is 29.3. The van der Waals surface area contributed by atoms with Crippen molar-refractivity contribution in [3.63, 3.8) is 0 Å². The molecule has 0 saturated carbocycles. The van der Waals surface area contributed by atoms with E-state index in [1.807, 2.05) is 33.2 Å². The van der Waals surface area contributed by atoms with Gasteiger partial charge in [0.05, 0.1) is 23.8 Å². The van der Waals surface area contributed by atoms with Crippen LogP contribution in [0.4, 0.5) is 26.3 Å². The smallest absolute Gasteiger partial charge is 0.475 e. The van der Waals surface area contributed by atoms with Gasteiger partial charge in [0.1, 0.15) is 0 Å². The molecule has 216 valence electrons. The first-order valence-corrected chi connectivity index (χ1v) is 11.2. The van der Waals surface area contributed by atoms with Crippen molar-refractivity contribution in [1.82, 2.24) is 20.1 Å². The SMILES string of the molecule is Cc1cccc(CN2CC3CC(C(=O)NCCN(C)C)C(C2)O3)n1.O=C(O)C(F)(F)F.O=C(O)C(F)(F)F. The Bertz CT molecular complexity index is 920. The zero-order valence-electron chi connectivity index (χ0n) is 20.8. The van der Waals surface area contributed by atoms with Gasteiger partial charge in [0, 0.05) is 38.4 Å². The summed E-state index contributed by atoms with van der Waals surface area (Å²) in [7, 11) is 4.02. The highest BCUT2D eigenvalue weighted by Gasteiger charge is 2.44. The van der Waals surface area contributed by atoms with E-state index in [9.17, 15) is 31.1 Å². The molecule has 1 amide bonds. The summed E-state index contributed by atoms with van der Waals surface area (Å²) in [6.45, 7) is 6.08. The summed E-state index contributed by atoms with van der Waals surface area (Å²) in [6, 6.07) is 6.13. The molecule has 0 aliphatic carbocycles. The highest BCUT2D eigenvalue weighted by molar-refractivity contribution is 5.79. The molecule has 3 N–H and O–H groups in total. The average molecular weight is 560 g/mol. The van der Waals surface area contributed by atoms with Crippen LogP contribution in [0.25, 0.3) is 0 Å². The molecule has 0 spiro atoms. The first kappa shape index (κ1) is 33.0. The third-order valence-corrected chi connectivity index (χ3v) is 5.24. The van der Waals surface area contributed by atoms with Gasteiger partial charge in [0.25, 0.3) is 0 Å². The standard InChI is InChI=1S/C18H28N4O2.2C2HF3O2/c1-13-5-4-6-14(20-13)10-22-11-15-9-16(17(12-22)24-15)18(23)19-7-8-21(2)3;2*3-2(4,5)1(6)7/h4-6,15-17H,7-12H2,1-3H3,(H,19,23);2*(H,6,7). The Hall–Kier alpha value is -2.98. The van der Waals surface area contributed by atoms with Crippen LogP contribution >= 0.6 is 0 Å². The van der Waals surface area contributed by atoms with E-state index in [1.54, 1.807) is 0 Å². The molecule has 2 aliphatic heterocycles. The summed E-state index contributed by atoms with van der Waals surface area (Å²) in [6.07, 6.45) is -9.16. The van der Waals surface area contributed by atoms with Crippen LogP contribution < -0.4 is 5.32 Å². The molecular weight excluding hydrogens is 530 g/mol. The van der Waals surface area contributed by atoms with Crippen molar-refractivity contribution in [2.24, 2.45) is 5.92 Å². The second kappa shape index (κ2) is 14.2. The van der Waals surface area contributed by atoms with Gasteiger partial charge in [0.15, 0.2) is 0 Å². The van der Waals surface area contributed by atoms with Crippen molar-refractivity contribution in [2.75, 3.05) is 40.3 Å². The van der Waals surface area contributed by atoms with Crippen LogP contribution in [0.2, 0.25) is 0 Å². The Balaban J connectivity index is 0.000000426. The number of morpholine rings is 1. The Morgan fingerprint density at radius 1 is 1.08 bits per heavy atom. The van der Waals surface area contributed by atoms with Gasteiger partial charge in [0.2, 0.25) is 5.91 Å². The number of ether oxygens (including phenoxy) is 1. The quantitative estimate of drug-likeness (QED) is 0.447. The predicted molar refractivity (Wildman–Crippen MR) is 120 cm³/mol. The van der Waals surface area contributed by atoms with E-state index < -0.39 is 24.3 Å². The number of pyridine rings is 1. The number of rotatable bonds is 6. The van der Waals surface area contributed by atoms with E-state index >= 15 is 0 Å². The van der Waals surface area contributed by atoms with E-state index in [4.69, 9.17) is 24.5 Å². The van der Waals surface area contributed by atoms with E-state index in [0.29, 0.717) is 6.54 Å². The number of nitrogens with zero attached hydrogens (tertiary/aromatic N) is 3. The molecule has 2 bridgehead atoms. The molecule has 3 unspecified atom stereocenters. The Morgan fingerprint density at radius 3 is 2.11 bits per heavy atom. The average Bonchev–Trinajstić information content (AvgIpc) is 3.07. The number of fused-ring (bicyclic) bond motifs is 2. The fourth-order valence-corrected chi connectivity index (χ4v) is 3.59. The van der Waals surface area contributed by atoms with Crippen LogP contribution in [-0.2, 0) is 25.7 Å². The largest absolute Gasteiger partial charge is 0.490 e. The summed E-state index contributed by atoms with van der Waals surface area (Å²) >= 11 is 0. The van der Waals surface area contributed by atoms with Crippen molar-refractivity contribution >= 4 is 17.8 Å². The number of aryl methyl sites for hydroxylation is 1. The lowest BCUT2D eigenvalue weighted by Gasteiger charge is -2.32. The van der Waals surface area contributed by atoms with Crippen LogP contribution in [0.5, 0.6) is 0 Å². The van der Waals surface area contributed by atoms with Crippen molar-refractivity contribution in [3.8, 4) is 0 Å². The maximum atomic E-state index is 12.4. The first-order valence-electron chi connectivity index (χ1n) is 11.2. The molecule has 0 aromatic carbocycles. The second-order valence-corrected chi connectivity index (χ2v) is 8.80. The number of likely N-dealkylation sites (tertiary alicyclic amines) is 1. The van der Waals surface area contributed by atoms with Gasteiger partial charge in [-0.25, -0.2) is 9.59 Å². The number of aromatic nitrogens is 1. The molecule has 38 heavy (non-hydrogen) atoms. The minimum absolute atomic E-state index is 0.00733. The lowest BCUT2D eigenvalue weighted by molar-refractivity contribution is -0.193. The molecule has 2 aliphatic rings. The lowest BCUT2D eigenvalue weighted by atomic mass is 9.99. The van der Waals surface area contributed by atoms with Gasteiger partial charge >= 0.3 is 24.3 Å². The number of hydrogen-bond acceptors (Lipinski definition) is 7. The van der Waals surface area contributed by atoms with Gasteiger partial charge in [-0.05, 0) is 39.6 Å². The fraction of sp³-hybridized carbons (Fsp3) is 0.636. The van der Waals surface area contributed by atoms with Crippen LogP contribution in [-0.4, -0.2) is 108 Å². The lowest BCUT2D eigenvalue weighted by Crippen LogP contribution is -2.45. The number of halogens is 6. The minimum atomic E-state index is -5.08. The topological polar surface area (TPSA) is 132 Å². The number of nitrogens with one attached hydrogen (secondary N) is 1. The van der Waals surface area contributed by atoms with Crippen molar-refractivity contribution in [1.29, 1.82) is 0 Å². The molecule has 1 aromatic rings. The van der Waals surface area contributed by atoms with Crippen LogP contribution in [0.15, 0.2) is 18.2 Å². The molecule has 3 atom stereocenters. The molecule has 3 heterocycles. The van der Waals surface area contributed by atoms with E-state index in [0.717, 1.165) is 44.0 Å². The molecule has 16 heteroatoms. The monoisotopic (exact) mass is 560 g/mol. The summed E-state index contributed by atoms with van der Waals surface area (Å²) in [5, 5.41) is 17.3. The van der Waals surface area contributed by atoms with Crippen molar-refractivity contribution in [3.05, 3.63) is 29.6 Å². The number of alkyl halides is 6. The Labute approximate surface area is 214 Å². The van der Waals surface area contributed by atoms with Crippen molar-refractivity contribution < 1.29 is 55.7 Å². The van der Waals surface area contributed by atoms with Gasteiger partial charge in [-0.2, -0.15) is 26.3 Å². The zero-order valence-corrected chi connectivity index (χ0v) is 20.8. The summed E-state index contributed by atoms with van der Waals surface area (Å²) in [5.74, 6) is -5.40. The number of carboxylic acid groups (broad SMARTS) is 2. The van der Waals surface area contributed by atoms with E-state index in [1.165, 1.54) is 0 Å². The summed E-state index contributed by atoms with van der Waals surface area (Å²) in [4.78, 5) is 39.3.